The van der Waals surface area contributed by atoms with E-state index in [1.807, 2.05) is 0 Å². The number of piperazine rings is 1. The molecule has 8 nitrogen and oxygen atoms in total. The van der Waals surface area contributed by atoms with Gasteiger partial charge >= 0.3 is 0 Å². The lowest BCUT2D eigenvalue weighted by Gasteiger charge is -2.34. The Morgan fingerprint density at radius 1 is 1.17 bits per heavy atom. The minimum Gasteiger partial charge on any atom is -0.336 e. The third-order valence-corrected chi connectivity index (χ3v) is 7.14. The van der Waals surface area contributed by atoms with E-state index in [2.05, 4.69) is 0 Å². The largest absolute Gasteiger partial charge is 0.336 e. The lowest BCUT2D eigenvalue weighted by Crippen LogP contribution is -2.50. The Kier molecular flexibility index (Phi) is 5.87. The highest BCUT2D eigenvalue weighted by Crippen LogP contribution is 2.26. The minimum absolute atomic E-state index is 0.0160. The Hall–Kier alpha value is -2.56. The van der Waals surface area contributed by atoms with Crippen molar-refractivity contribution in [3.8, 4) is 0 Å². The molecular weight excluding hydrogens is 425 g/mol. The number of hydrogen-bond acceptors (Lipinski definition) is 5. The van der Waals surface area contributed by atoms with Gasteiger partial charge in [0.05, 0.1) is 15.5 Å². The lowest BCUT2D eigenvalue weighted by atomic mass is 10.1. The van der Waals surface area contributed by atoms with E-state index in [1.165, 1.54) is 28.3 Å². The molecule has 0 atom stereocenters. The fourth-order valence-corrected chi connectivity index (χ4v) is 5.00. The van der Waals surface area contributed by atoms with E-state index in [9.17, 15) is 27.7 Å². The fraction of sp³-hybridized carbons (Fsp3) is 0.278. The van der Waals surface area contributed by atoms with Gasteiger partial charge in [0, 0.05) is 37.8 Å². The van der Waals surface area contributed by atoms with E-state index in [-0.39, 0.29) is 47.2 Å². The molecule has 2 aromatic carbocycles. The molecule has 154 valence electrons. The molecular formula is C18H17ClFN3O5S. The van der Waals surface area contributed by atoms with E-state index in [4.69, 9.17) is 11.6 Å². The molecule has 1 fully saturated rings. The molecule has 1 aliphatic rings. The second-order valence-corrected chi connectivity index (χ2v) is 8.80. The Labute approximate surface area is 171 Å². The molecule has 2 aromatic rings. The van der Waals surface area contributed by atoms with Gasteiger partial charge in [0.2, 0.25) is 10.0 Å². The molecule has 0 unspecified atom stereocenters. The predicted molar refractivity (Wildman–Crippen MR) is 104 cm³/mol. The van der Waals surface area contributed by atoms with Crippen molar-refractivity contribution in [1.82, 2.24) is 9.21 Å². The summed E-state index contributed by atoms with van der Waals surface area (Å²) in [6, 6.07) is 8.07. The number of carbonyl (C=O) groups is 1. The van der Waals surface area contributed by atoms with Crippen LogP contribution in [0.4, 0.5) is 10.1 Å². The zero-order chi connectivity index (χ0) is 21.3. The van der Waals surface area contributed by atoms with Crippen molar-refractivity contribution in [3.63, 3.8) is 0 Å². The van der Waals surface area contributed by atoms with Crippen molar-refractivity contribution in [3.05, 3.63) is 68.5 Å². The lowest BCUT2D eigenvalue weighted by molar-refractivity contribution is -0.385. The van der Waals surface area contributed by atoms with Crippen LogP contribution in [0.3, 0.4) is 0 Å². The Bertz CT molecular complexity index is 1080. The first kappa shape index (κ1) is 21.2. The van der Waals surface area contributed by atoms with Gasteiger partial charge in [0.15, 0.2) is 0 Å². The van der Waals surface area contributed by atoms with Gasteiger partial charge in [-0.1, -0.05) is 23.7 Å². The van der Waals surface area contributed by atoms with Gasteiger partial charge in [-0.2, -0.15) is 4.31 Å². The highest BCUT2D eigenvalue weighted by Gasteiger charge is 2.32. The van der Waals surface area contributed by atoms with Crippen molar-refractivity contribution < 1.29 is 22.5 Å². The number of rotatable bonds is 4. The molecule has 1 saturated heterocycles. The van der Waals surface area contributed by atoms with Crippen LogP contribution in [-0.2, 0) is 10.0 Å². The number of sulfonamides is 1. The summed E-state index contributed by atoms with van der Waals surface area (Å²) in [6.45, 7) is 1.43. The van der Waals surface area contributed by atoms with Crippen LogP contribution in [0.5, 0.6) is 0 Å². The maximum Gasteiger partial charge on any atom is 0.276 e. The van der Waals surface area contributed by atoms with Crippen LogP contribution in [0.2, 0.25) is 5.02 Å². The second kappa shape index (κ2) is 8.05. The van der Waals surface area contributed by atoms with Gasteiger partial charge in [0.25, 0.3) is 11.6 Å². The van der Waals surface area contributed by atoms with Gasteiger partial charge in [-0.15, -0.1) is 0 Å². The Balaban J connectivity index is 1.77. The number of hydrogen-bond donors (Lipinski definition) is 0. The number of amides is 1. The smallest absolute Gasteiger partial charge is 0.276 e. The summed E-state index contributed by atoms with van der Waals surface area (Å²) in [7, 11) is -3.82. The molecule has 11 heteroatoms. The third-order valence-electron chi connectivity index (χ3n) is 4.74. The van der Waals surface area contributed by atoms with Gasteiger partial charge in [-0.25, -0.2) is 12.8 Å². The number of halogens is 2. The predicted octanol–water partition coefficient (Wildman–Crippen LogP) is 2.84. The molecule has 0 aliphatic carbocycles. The van der Waals surface area contributed by atoms with Gasteiger partial charge in [-0.05, 0) is 25.1 Å². The summed E-state index contributed by atoms with van der Waals surface area (Å²) < 4.78 is 40.8. The van der Waals surface area contributed by atoms with Crippen molar-refractivity contribution in [1.29, 1.82) is 0 Å². The average molecular weight is 442 g/mol. The van der Waals surface area contributed by atoms with E-state index in [0.29, 0.717) is 0 Å². The van der Waals surface area contributed by atoms with Crippen LogP contribution in [0.15, 0.2) is 41.3 Å². The number of benzene rings is 2. The molecule has 1 amide bonds. The van der Waals surface area contributed by atoms with E-state index in [1.54, 1.807) is 12.1 Å². The molecule has 1 aliphatic heterocycles. The summed E-state index contributed by atoms with van der Waals surface area (Å²) in [5.41, 5.74) is -0.780. The number of nitro groups is 1. The highest BCUT2D eigenvalue weighted by atomic mass is 35.5. The maximum absolute atomic E-state index is 14.0. The Morgan fingerprint density at radius 3 is 2.38 bits per heavy atom. The normalized spacial score (nSPS) is 15.3. The van der Waals surface area contributed by atoms with Crippen molar-refractivity contribution in [2.75, 3.05) is 26.2 Å². The minimum atomic E-state index is -3.82. The van der Waals surface area contributed by atoms with Gasteiger partial charge < -0.3 is 4.90 Å². The van der Waals surface area contributed by atoms with E-state index < -0.39 is 32.4 Å². The summed E-state index contributed by atoms with van der Waals surface area (Å²) >= 11 is 5.99. The van der Waals surface area contributed by atoms with Crippen LogP contribution >= 0.6 is 11.6 Å². The first-order valence-electron chi connectivity index (χ1n) is 8.61. The summed E-state index contributed by atoms with van der Waals surface area (Å²) in [4.78, 5) is 24.3. The molecule has 29 heavy (non-hydrogen) atoms. The summed E-state index contributed by atoms with van der Waals surface area (Å²) in [6.07, 6.45) is 0. The molecule has 0 bridgehead atoms. The van der Waals surface area contributed by atoms with Crippen LogP contribution in [0, 0.1) is 22.9 Å². The van der Waals surface area contributed by atoms with Gasteiger partial charge in [0.1, 0.15) is 10.7 Å². The summed E-state index contributed by atoms with van der Waals surface area (Å²) in [5.74, 6) is -1.44. The molecule has 0 saturated carbocycles. The molecule has 0 aromatic heterocycles. The van der Waals surface area contributed by atoms with Gasteiger partial charge in [-0.3, -0.25) is 14.9 Å². The molecule has 3 rings (SSSR count). The quantitative estimate of drug-likeness (QED) is 0.536. The molecule has 0 radical (unpaired) electrons. The first-order chi connectivity index (χ1) is 13.6. The topological polar surface area (TPSA) is 101 Å². The van der Waals surface area contributed by atoms with Crippen LogP contribution in [-0.4, -0.2) is 54.6 Å². The average Bonchev–Trinajstić information content (AvgIpc) is 2.69. The van der Waals surface area contributed by atoms with Crippen LogP contribution in [0.25, 0.3) is 0 Å². The van der Waals surface area contributed by atoms with E-state index >= 15 is 0 Å². The molecule has 0 N–H and O–H groups in total. The number of nitrogens with zero attached hydrogens (tertiary/aromatic N) is 3. The van der Waals surface area contributed by atoms with Crippen molar-refractivity contribution in [2.24, 2.45) is 0 Å². The maximum atomic E-state index is 14.0. The number of carbonyl (C=O) groups excluding carboxylic acids is 1. The number of nitro benzene ring substituents is 1. The SMILES string of the molecule is Cc1c(F)cc(C(=O)N2CCN(S(=O)(=O)c3ccccc3Cl)CC2)cc1[N+](=O)[O-]. The van der Waals surface area contributed by atoms with Crippen molar-refractivity contribution >= 4 is 33.2 Å². The molecule has 1 heterocycles. The van der Waals surface area contributed by atoms with Crippen LogP contribution in [0.1, 0.15) is 15.9 Å². The highest BCUT2D eigenvalue weighted by molar-refractivity contribution is 7.89. The zero-order valence-corrected chi connectivity index (χ0v) is 16.9. The third kappa shape index (κ3) is 4.09. The van der Waals surface area contributed by atoms with Crippen molar-refractivity contribution in [2.45, 2.75) is 11.8 Å². The Morgan fingerprint density at radius 2 is 1.79 bits per heavy atom. The van der Waals surface area contributed by atoms with Crippen LogP contribution < -0.4 is 0 Å². The second-order valence-electron chi connectivity index (χ2n) is 6.49. The molecule has 0 spiro atoms. The fourth-order valence-electron chi connectivity index (χ4n) is 3.08. The summed E-state index contributed by atoms with van der Waals surface area (Å²) in [5, 5.41) is 11.2. The standard InChI is InChI=1S/C18H17ClFN3O5S/c1-12-15(20)10-13(11-16(12)23(25)26)18(24)21-6-8-22(9-7-21)29(27,28)17-5-3-2-4-14(17)19/h2-5,10-11H,6-9H2,1H3. The van der Waals surface area contributed by atoms with E-state index in [0.717, 1.165) is 12.1 Å². The monoisotopic (exact) mass is 441 g/mol. The zero-order valence-electron chi connectivity index (χ0n) is 15.3. The first-order valence-corrected chi connectivity index (χ1v) is 10.4.